The number of hydrogen-bond acceptors (Lipinski definition) is 5. The van der Waals surface area contributed by atoms with Crippen LogP contribution in [-0.4, -0.2) is 50.7 Å². The van der Waals surface area contributed by atoms with Gasteiger partial charge in [0.15, 0.2) is 0 Å². The van der Waals surface area contributed by atoms with Crippen LogP contribution in [0.15, 0.2) is 53.7 Å². The molecular formula is C32H40N6O. The van der Waals surface area contributed by atoms with E-state index < -0.39 is 5.54 Å². The fourth-order valence-corrected chi connectivity index (χ4v) is 6.46. The minimum atomic E-state index is -0.484. The number of nitrogens with zero attached hydrogens (tertiary/aromatic N) is 5. The Morgan fingerprint density at radius 2 is 1.79 bits per heavy atom. The SMILES string of the molecule is CCCCC1=NC2(CCCC2)C(=O)N1Cc1ccc(-c2cc(N3CCC(C)CC3)ccc2-c2cn[nH]n2)cc1. The van der Waals surface area contributed by atoms with Crippen molar-refractivity contribution in [2.45, 2.75) is 83.7 Å². The Bertz CT molecular complexity index is 1320. The van der Waals surface area contributed by atoms with Gasteiger partial charge in [-0.2, -0.15) is 15.4 Å². The van der Waals surface area contributed by atoms with Crippen LogP contribution in [0, 0.1) is 5.92 Å². The molecule has 3 aliphatic rings. The second-order valence-corrected chi connectivity index (χ2v) is 11.7. The van der Waals surface area contributed by atoms with Crippen LogP contribution in [0.25, 0.3) is 22.4 Å². The lowest BCUT2D eigenvalue weighted by Gasteiger charge is -2.32. The Morgan fingerprint density at radius 1 is 1.03 bits per heavy atom. The van der Waals surface area contributed by atoms with Gasteiger partial charge in [0.2, 0.25) is 0 Å². The van der Waals surface area contributed by atoms with Crippen LogP contribution >= 0.6 is 0 Å². The van der Waals surface area contributed by atoms with Gasteiger partial charge in [-0.05, 0) is 66.8 Å². The molecule has 1 spiro atoms. The molecule has 1 aliphatic carbocycles. The molecule has 3 aromatic rings. The number of anilines is 1. The number of nitrogens with one attached hydrogen (secondary N) is 1. The molecule has 0 unspecified atom stereocenters. The second-order valence-electron chi connectivity index (χ2n) is 11.7. The summed E-state index contributed by atoms with van der Waals surface area (Å²) in [5.74, 6) is 2.00. The molecule has 0 bridgehead atoms. The molecular weight excluding hydrogens is 484 g/mol. The third-order valence-corrected chi connectivity index (χ3v) is 8.93. The fourth-order valence-electron chi connectivity index (χ4n) is 6.46. The van der Waals surface area contributed by atoms with Crippen LogP contribution < -0.4 is 4.90 Å². The third kappa shape index (κ3) is 5.11. The summed E-state index contributed by atoms with van der Waals surface area (Å²) < 4.78 is 0. The monoisotopic (exact) mass is 524 g/mol. The van der Waals surface area contributed by atoms with E-state index in [2.05, 4.69) is 76.6 Å². The fraction of sp³-hybridized carbons (Fsp3) is 0.500. The number of H-pyrrole nitrogens is 1. The van der Waals surface area contributed by atoms with E-state index in [1.54, 1.807) is 6.20 Å². The molecule has 0 atom stereocenters. The Morgan fingerprint density at radius 3 is 2.49 bits per heavy atom. The first-order valence-corrected chi connectivity index (χ1v) is 14.8. The molecule has 1 saturated heterocycles. The van der Waals surface area contributed by atoms with Gasteiger partial charge in [-0.3, -0.25) is 14.7 Å². The summed E-state index contributed by atoms with van der Waals surface area (Å²) in [5.41, 5.74) is 6.11. The molecule has 2 aliphatic heterocycles. The predicted molar refractivity (Wildman–Crippen MR) is 157 cm³/mol. The van der Waals surface area contributed by atoms with E-state index in [0.717, 1.165) is 97.7 Å². The van der Waals surface area contributed by atoms with Crippen LogP contribution in [0.5, 0.6) is 0 Å². The largest absolute Gasteiger partial charge is 0.371 e. The third-order valence-electron chi connectivity index (χ3n) is 8.93. The van der Waals surface area contributed by atoms with Crippen molar-refractivity contribution in [3.63, 3.8) is 0 Å². The molecule has 0 radical (unpaired) electrons. The number of unbranched alkanes of at least 4 members (excludes halogenated alkanes) is 1. The van der Waals surface area contributed by atoms with Crippen LogP contribution in [0.3, 0.4) is 0 Å². The zero-order valence-corrected chi connectivity index (χ0v) is 23.3. The molecule has 2 fully saturated rings. The van der Waals surface area contributed by atoms with Crippen molar-refractivity contribution in [2.24, 2.45) is 10.9 Å². The maximum absolute atomic E-state index is 13.6. The van der Waals surface area contributed by atoms with Crippen molar-refractivity contribution < 1.29 is 4.79 Å². The number of amidine groups is 1. The molecule has 204 valence electrons. The van der Waals surface area contributed by atoms with E-state index in [1.165, 1.54) is 18.5 Å². The van der Waals surface area contributed by atoms with Gasteiger partial charge in [-0.1, -0.05) is 63.4 Å². The molecule has 3 heterocycles. The van der Waals surface area contributed by atoms with Crippen LogP contribution in [0.2, 0.25) is 0 Å². The summed E-state index contributed by atoms with van der Waals surface area (Å²) in [7, 11) is 0. The van der Waals surface area contributed by atoms with Crippen molar-refractivity contribution in [3.8, 4) is 22.4 Å². The highest BCUT2D eigenvalue weighted by atomic mass is 16.2. The number of benzene rings is 2. The molecule has 2 aromatic carbocycles. The van der Waals surface area contributed by atoms with Crippen molar-refractivity contribution in [2.75, 3.05) is 18.0 Å². The van der Waals surface area contributed by atoms with Crippen molar-refractivity contribution in [1.82, 2.24) is 20.3 Å². The van der Waals surface area contributed by atoms with E-state index >= 15 is 0 Å². The molecule has 1 aromatic heterocycles. The smallest absolute Gasteiger partial charge is 0.256 e. The van der Waals surface area contributed by atoms with Gasteiger partial charge in [0.05, 0.1) is 12.7 Å². The first-order valence-electron chi connectivity index (χ1n) is 14.8. The number of aromatic amines is 1. The highest BCUT2D eigenvalue weighted by Gasteiger charge is 2.49. The van der Waals surface area contributed by atoms with E-state index in [4.69, 9.17) is 4.99 Å². The second kappa shape index (κ2) is 10.9. The van der Waals surface area contributed by atoms with E-state index in [-0.39, 0.29) is 5.91 Å². The van der Waals surface area contributed by atoms with Gasteiger partial charge in [0.1, 0.15) is 17.1 Å². The number of piperidine rings is 1. The van der Waals surface area contributed by atoms with E-state index in [9.17, 15) is 4.79 Å². The van der Waals surface area contributed by atoms with E-state index in [1.807, 2.05) is 4.90 Å². The average Bonchev–Trinajstić information content (AvgIpc) is 3.72. The zero-order valence-electron chi connectivity index (χ0n) is 23.3. The van der Waals surface area contributed by atoms with Crippen LogP contribution in [0.4, 0.5) is 5.69 Å². The van der Waals surface area contributed by atoms with Crippen molar-refractivity contribution in [3.05, 3.63) is 54.2 Å². The standard InChI is InChI=1S/C32H40N6O/c1-3-4-7-30-34-32(16-5-6-17-32)31(39)38(30)22-24-8-10-25(11-9-24)28-20-26(37-18-14-23(2)15-19-37)12-13-27(28)29-21-33-36-35-29/h8-13,20-21,23H,3-7,14-19,22H2,1-2H3,(H,33,35,36). The Kier molecular flexibility index (Phi) is 7.24. The lowest BCUT2D eigenvalue weighted by Crippen LogP contribution is -2.40. The molecule has 1 N–H and O–H groups in total. The summed E-state index contributed by atoms with van der Waals surface area (Å²) in [6, 6.07) is 15.4. The Labute approximate surface area is 231 Å². The Balaban J connectivity index is 1.27. The highest BCUT2D eigenvalue weighted by Crippen LogP contribution is 2.40. The molecule has 7 heteroatoms. The van der Waals surface area contributed by atoms with Gasteiger partial charge in [-0.25, -0.2) is 0 Å². The minimum Gasteiger partial charge on any atom is -0.371 e. The molecule has 6 rings (SSSR count). The summed E-state index contributed by atoms with van der Waals surface area (Å²) in [5, 5.41) is 11.2. The summed E-state index contributed by atoms with van der Waals surface area (Å²) in [4.78, 5) is 23.1. The lowest BCUT2D eigenvalue weighted by molar-refractivity contribution is -0.131. The highest BCUT2D eigenvalue weighted by molar-refractivity contribution is 6.08. The molecule has 39 heavy (non-hydrogen) atoms. The number of rotatable bonds is 8. The normalized spacial score (nSPS) is 19.3. The summed E-state index contributed by atoms with van der Waals surface area (Å²) in [6.07, 6.45) is 11.3. The zero-order chi connectivity index (χ0) is 26.8. The van der Waals surface area contributed by atoms with E-state index in [0.29, 0.717) is 6.54 Å². The quantitative estimate of drug-likeness (QED) is 0.359. The van der Waals surface area contributed by atoms with Crippen molar-refractivity contribution in [1.29, 1.82) is 0 Å². The van der Waals surface area contributed by atoms with Gasteiger partial charge >= 0.3 is 0 Å². The first kappa shape index (κ1) is 25.8. The molecule has 1 saturated carbocycles. The first-order chi connectivity index (χ1) is 19.1. The number of hydrogen-bond donors (Lipinski definition) is 1. The molecule has 1 amide bonds. The maximum Gasteiger partial charge on any atom is 0.256 e. The van der Waals surface area contributed by atoms with Crippen molar-refractivity contribution >= 4 is 17.4 Å². The predicted octanol–water partition coefficient (Wildman–Crippen LogP) is 6.62. The lowest BCUT2D eigenvalue weighted by atomic mass is 9.94. The summed E-state index contributed by atoms with van der Waals surface area (Å²) >= 11 is 0. The van der Waals surface area contributed by atoms with Crippen LogP contribution in [0.1, 0.15) is 77.2 Å². The van der Waals surface area contributed by atoms with Gasteiger partial charge in [0.25, 0.3) is 5.91 Å². The van der Waals surface area contributed by atoms with Gasteiger partial charge < -0.3 is 4.90 Å². The van der Waals surface area contributed by atoms with Crippen LogP contribution in [-0.2, 0) is 11.3 Å². The number of amides is 1. The topological polar surface area (TPSA) is 77.5 Å². The number of carbonyl (C=O) groups is 1. The Hall–Kier alpha value is -3.48. The number of carbonyl (C=O) groups excluding carboxylic acids is 1. The van der Waals surface area contributed by atoms with Gasteiger partial charge in [-0.15, -0.1) is 0 Å². The molecule has 7 nitrogen and oxygen atoms in total. The number of aromatic nitrogens is 3. The summed E-state index contributed by atoms with van der Waals surface area (Å²) in [6.45, 7) is 7.32. The average molecular weight is 525 g/mol. The number of aliphatic imine (C=N–C) groups is 1. The van der Waals surface area contributed by atoms with Gasteiger partial charge in [0, 0.05) is 30.8 Å². The maximum atomic E-state index is 13.6. The minimum absolute atomic E-state index is 0.215.